The molecule has 0 fully saturated rings. The predicted molar refractivity (Wildman–Crippen MR) is 84.0 cm³/mol. The summed E-state index contributed by atoms with van der Waals surface area (Å²) in [5.74, 6) is 0.692. The highest BCUT2D eigenvalue weighted by molar-refractivity contribution is 5.93. The quantitative estimate of drug-likeness (QED) is 0.743. The number of anilines is 1. The van der Waals surface area contributed by atoms with Gasteiger partial charge in [0.15, 0.2) is 0 Å². The fourth-order valence-electron chi connectivity index (χ4n) is 2.20. The molecule has 118 valence electrons. The Morgan fingerprint density at radius 3 is 3.04 bits per heavy atom. The van der Waals surface area contributed by atoms with Gasteiger partial charge in [0, 0.05) is 24.4 Å². The number of methoxy groups -OCH3 is 1. The molecule has 0 spiro atoms. The van der Waals surface area contributed by atoms with Crippen LogP contribution in [0, 0.1) is 0 Å². The van der Waals surface area contributed by atoms with E-state index in [0.29, 0.717) is 25.1 Å². The number of tetrazole rings is 1. The summed E-state index contributed by atoms with van der Waals surface area (Å²) in [5.41, 5.74) is 1.50. The molecule has 0 aliphatic heterocycles. The largest absolute Gasteiger partial charge is 0.497 e. The minimum atomic E-state index is -0.0623. The first-order chi connectivity index (χ1) is 11.2. The Morgan fingerprint density at radius 1 is 1.35 bits per heavy atom. The predicted octanol–water partition coefficient (Wildman–Crippen LogP) is 1.65. The average Bonchev–Trinajstić information content (AvgIpc) is 3.07. The number of aromatic nitrogens is 5. The number of fused-ring (bicyclic) bond motifs is 1. The molecular formula is C15H16N6O2. The van der Waals surface area contributed by atoms with Crippen molar-refractivity contribution < 1.29 is 9.53 Å². The number of aryl methyl sites for hydroxylation is 1. The summed E-state index contributed by atoms with van der Waals surface area (Å²) in [6.45, 7) is 0.607. The van der Waals surface area contributed by atoms with Crippen LogP contribution in [0.4, 0.5) is 5.69 Å². The number of nitrogens with zero attached hydrogens (tertiary/aromatic N) is 5. The van der Waals surface area contributed by atoms with Crippen LogP contribution in [0.1, 0.15) is 12.8 Å². The Morgan fingerprint density at radius 2 is 2.26 bits per heavy atom. The molecule has 0 atom stereocenters. The van der Waals surface area contributed by atoms with Crippen LogP contribution >= 0.6 is 0 Å². The van der Waals surface area contributed by atoms with E-state index in [1.165, 1.54) is 6.33 Å². The first-order valence-corrected chi connectivity index (χ1v) is 7.19. The molecule has 0 saturated heterocycles. The fourth-order valence-corrected chi connectivity index (χ4v) is 2.20. The summed E-state index contributed by atoms with van der Waals surface area (Å²) in [5, 5.41) is 14.6. The lowest BCUT2D eigenvalue weighted by Crippen LogP contribution is -2.12. The number of nitrogens with one attached hydrogen (secondary N) is 1. The smallest absolute Gasteiger partial charge is 0.224 e. The van der Waals surface area contributed by atoms with Crippen molar-refractivity contribution >= 4 is 22.5 Å². The van der Waals surface area contributed by atoms with Crippen LogP contribution in [-0.2, 0) is 11.3 Å². The molecule has 0 aliphatic rings. The Hall–Kier alpha value is -3.03. The lowest BCUT2D eigenvalue weighted by Gasteiger charge is -2.07. The third kappa shape index (κ3) is 3.79. The lowest BCUT2D eigenvalue weighted by molar-refractivity contribution is -0.116. The van der Waals surface area contributed by atoms with Crippen molar-refractivity contribution in [1.29, 1.82) is 0 Å². The van der Waals surface area contributed by atoms with Crippen LogP contribution < -0.4 is 10.1 Å². The van der Waals surface area contributed by atoms with Gasteiger partial charge in [-0.2, -0.15) is 0 Å². The van der Waals surface area contributed by atoms with Crippen molar-refractivity contribution in [2.24, 2.45) is 0 Å². The highest BCUT2D eigenvalue weighted by atomic mass is 16.5. The number of hydrogen-bond donors (Lipinski definition) is 1. The minimum absolute atomic E-state index is 0.0623. The molecule has 8 heteroatoms. The molecule has 3 rings (SSSR count). The number of rotatable bonds is 6. The van der Waals surface area contributed by atoms with Crippen LogP contribution in [0.15, 0.2) is 36.8 Å². The second kappa shape index (κ2) is 6.82. The maximum absolute atomic E-state index is 12.0. The van der Waals surface area contributed by atoms with Crippen LogP contribution in [0.25, 0.3) is 10.9 Å². The Balaban J connectivity index is 1.58. The van der Waals surface area contributed by atoms with Gasteiger partial charge in [0.2, 0.25) is 5.91 Å². The van der Waals surface area contributed by atoms with Gasteiger partial charge in [-0.3, -0.25) is 9.78 Å². The molecule has 0 bridgehead atoms. The van der Waals surface area contributed by atoms with Crippen molar-refractivity contribution in [1.82, 2.24) is 25.2 Å². The lowest BCUT2D eigenvalue weighted by atomic mass is 10.2. The zero-order valence-electron chi connectivity index (χ0n) is 12.6. The van der Waals surface area contributed by atoms with Crippen molar-refractivity contribution in [3.8, 4) is 5.75 Å². The summed E-state index contributed by atoms with van der Waals surface area (Å²) in [6.07, 6.45) is 4.22. The number of hydrogen-bond acceptors (Lipinski definition) is 6. The molecule has 3 aromatic rings. The van der Waals surface area contributed by atoms with E-state index in [1.54, 1.807) is 18.0 Å². The van der Waals surface area contributed by atoms with Crippen molar-refractivity contribution in [3.05, 3.63) is 36.8 Å². The summed E-state index contributed by atoms with van der Waals surface area (Å²) in [7, 11) is 1.62. The second-order valence-corrected chi connectivity index (χ2v) is 5.01. The van der Waals surface area contributed by atoms with Crippen molar-refractivity contribution in [3.63, 3.8) is 0 Å². The third-order valence-electron chi connectivity index (χ3n) is 3.36. The summed E-state index contributed by atoms with van der Waals surface area (Å²) in [4.78, 5) is 16.3. The van der Waals surface area contributed by atoms with Crippen LogP contribution in [-0.4, -0.2) is 38.2 Å². The summed E-state index contributed by atoms with van der Waals surface area (Å²) < 4.78 is 6.76. The van der Waals surface area contributed by atoms with Gasteiger partial charge in [0.1, 0.15) is 12.1 Å². The zero-order valence-corrected chi connectivity index (χ0v) is 12.6. The monoisotopic (exact) mass is 312 g/mol. The maximum Gasteiger partial charge on any atom is 0.224 e. The van der Waals surface area contributed by atoms with Crippen LogP contribution in [0.5, 0.6) is 5.75 Å². The number of carbonyl (C=O) groups is 1. The molecule has 0 radical (unpaired) electrons. The number of amides is 1. The van der Waals surface area contributed by atoms with E-state index < -0.39 is 0 Å². The second-order valence-electron chi connectivity index (χ2n) is 5.01. The Labute approximate surface area is 132 Å². The molecule has 23 heavy (non-hydrogen) atoms. The van der Waals surface area contributed by atoms with E-state index in [0.717, 1.165) is 16.7 Å². The molecule has 1 N–H and O–H groups in total. The highest BCUT2D eigenvalue weighted by Gasteiger charge is 2.05. The first-order valence-electron chi connectivity index (χ1n) is 7.19. The molecule has 1 aromatic carbocycles. The van der Waals surface area contributed by atoms with Crippen molar-refractivity contribution in [2.45, 2.75) is 19.4 Å². The van der Waals surface area contributed by atoms with Gasteiger partial charge in [0.05, 0.1) is 24.5 Å². The summed E-state index contributed by atoms with van der Waals surface area (Å²) in [6, 6.07) is 7.52. The van der Waals surface area contributed by atoms with Gasteiger partial charge in [-0.1, -0.05) is 0 Å². The molecule has 0 aliphatic carbocycles. The number of pyridine rings is 1. The van der Waals surface area contributed by atoms with E-state index in [2.05, 4.69) is 25.8 Å². The topological polar surface area (TPSA) is 94.8 Å². The molecule has 1 amide bonds. The molecule has 2 heterocycles. The number of ether oxygens (including phenoxy) is 1. The van der Waals surface area contributed by atoms with Gasteiger partial charge in [-0.15, -0.1) is 5.10 Å². The molecule has 8 nitrogen and oxygen atoms in total. The van der Waals surface area contributed by atoms with E-state index in [-0.39, 0.29) is 5.91 Å². The van der Waals surface area contributed by atoms with Gasteiger partial charge < -0.3 is 10.1 Å². The van der Waals surface area contributed by atoms with Gasteiger partial charge >= 0.3 is 0 Å². The SMILES string of the molecule is COc1ccc2cc(NC(=O)CCCn3cnnn3)cnc2c1. The standard InChI is InChI=1S/C15H16N6O2/c1-23-13-5-4-11-7-12(9-16-14(11)8-13)18-15(22)3-2-6-21-10-17-19-20-21/h4-5,7-10H,2-3,6H2,1H3,(H,18,22). The first kappa shape index (κ1) is 14.9. The molecule has 0 saturated carbocycles. The van der Waals surface area contributed by atoms with E-state index in [4.69, 9.17) is 4.74 Å². The van der Waals surface area contributed by atoms with E-state index in [9.17, 15) is 4.79 Å². The van der Waals surface area contributed by atoms with Gasteiger partial charge in [0.25, 0.3) is 0 Å². The van der Waals surface area contributed by atoms with Crippen molar-refractivity contribution in [2.75, 3.05) is 12.4 Å². The Bertz CT molecular complexity index is 803. The molecule has 0 unspecified atom stereocenters. The average molecular weight is 312 g/mol. The zero-order chi connectivity index (χ0) is 16.1. The van der Waals surface area contributed by atoms with Gasteiger partial charge in [-0.25, -0.2) is 4.68 Å². The van der Waals surface area contributed by atoms with Crippen LogP contribution in [0.3, 0.4) is 0 Å². The number of benzene rings is 1. The summed E-state index contributed by atoms with van der Waals surface area (Å²) >= 11 is 0. The van der Waals surface area contributed by atoms with Crippen LogP contribution in [0.2, 0.25) is 0 Å². The fraction of sp³-hybridized carbons (Fsp3) is 0.267. The van der Waals surface area contributed by atoms with Gasteiger partial charge in [-0.05, 0) is 35.0 Å². The van der Waals surface area contributed by atoms with E-state index >= 15 is 0 Å². The third-order valence-corrected chi connectivity index (χ3v) is 3.36. The Kier molecular flexibility index (Phi) is 4.41. The minimum Gasteiger partial charge on any atom is -0.497 e. The number of carbonyl (C=O) groups excluding carboxylic acids is 1. The molecule has 2 aromatic heterocycles. The molecular weight excluding hydrogens is 296 g/mol. The van der Waals surface area contributed by atoms with E-state index in [1.807, 2.05) is 24.3 Å². The maximum atomic E-state index is 12.0. The normalized spacial score (nSPS) is 10.7. The highest BCUT2D eigenvalue weighted by Crippen LogP contribution is 2.21.